The largest absolute Gasteiger partial charge is 0.379 e. The van der Waals surface area contributed by atoms with Gasteiger partial charge in [-0.3, -0.25) is 0 Å². The lowest BCUT2D eigenvalue weighted by molar-refractivity contribution is 1.05. The van der Waals surface area contributed by atoms with Crippen LogP contribution in [0.1, 0.15) is 10.7 Å². The highest BCUT2D eigenvalue weighted by Crippen LogP contribution is 2.13. The highest BCUT2D eigenvalue weighted by Gasteiger charge is 1.99. The fourth-order valence-electron chi connectivity index (χ4n) is 1.30. The van der Waals surface area contributed by atoms with E-state index < -0.39 is 0 Å². The molecule has 0 aliphatic heterocycles. The number of hydrazine groups is 1. The van der Waals surface area contributed by atoms with Crippen LogP contribution in [0.2, 0.25) is 0 Å². The summed E-state index contributed by atoms with van der Waals surface area (Å²) in [6, 6.07) is 3.74. The van der Waals surface area contributed by atoms with Crippen LogP contribution in [-0.4, -0.2) is 9.97 Å². The maximum atomic E-state index is 5.28. The number of nitrogen functional groups attached to an aromatic ring is 1. The van der Waals surface area contributed by atoms with Crippen LogP contribution in [0.4, 0.5) is 11.5 Å². The van der Waals surface area contributed by atoms with E-state index in [-0.39, 0.29) is 0 Å². The molecule has 4 N–H and O–H groups in total. The summed E-state index contributed by atoms with van der Waals surface area (Å²) in [7, 11) is 0. The van der Waals surface area contributed by atoms with Crippen LogP contribution in [0.3, 0.4) is 0 Å². The number of hydrogen-bond acceptors (Lipinski definition) is 6. The van der Waals surface area contributed by atoms with Gasteiger partial charge in [-0.2, -0.15) is 0 Å². The number of aryl methyl sites for hydroxylation is 1. The van der Waals surface area contributed by atoms with Gasteiger partial charge in [0, 0.05) is 23.3 Å². The van der Waals surface area contributed by atoms with Gasteiger partial charge in [0.2, 0.25) is 0 Å². The van der Waals surface area contributed by atoms with Crippen molar-refractivity contribution in [1.82, 2.24) is 9.97 Å². The molecule has 0 atom stereocenters. The average Bonchev–Trinajstić information content (AvgIpc) is 2.73. The van der Waals surface area contributed by atoms with Gasteiger partial charge in [-0.05, 0) is 13.0 Å². The minimum atomic E-state index is 0.638. The van der Waals surface area contributed by atoms with Gasteiger partial charge in [-0.15, -0.1) is 11.3 Å². The number of aromatic nitrogens is 2. The maximum Gasteiger partial charge on any atom is 0.141 e. The minimum Gasteiger partial charge on any atom is -0.379 e. The Hall–Kier alpha value is -1.66. The summed E-state index contributed by atoms with van der Waals surface area (Å²) < 4.78 is 0. The van der Waals surface area contributed by atoms with Crippen molar-refractivity contribution >= 4 is 22.8 Å². The number of thiazole rings is 1. The molecule has 2 heterocycles. The molecule has 0 radical (unpaired) electrons. The summed E-state index contributed by atoms with van der Waals surface area (Å²) in [6.07, 6.45) is 1.70. The molecule has 0 unspecified atom stereocenters. The fraction of sp³-hybridized carbons (Fsp3) is 0.200. The Morgan fingerprint density at radius 2 is 2.38 bits per heavy atom. The van der Waals surface area contributed by atoms with Gasteiger partial charge in [0.1, 0.15) is 5.82 Å². The molecule has 2 rings (SSSR count). The number of hydrogen-bond donors (Lipinski definition) is 3. The van der Waals surface area contributed by atoms with Crippen molar-refractivity contribution in [2.45, 2.75) is 13.5 Å². The molecule has 5 nitrogen and oxygen atoms in total. The Bertz CT molecular complexity index is 468. The molecule has 2 aromatic rings. The minimum absolute atomic E-state index is 0.638. The Balaban J connectivity index is 1.99. The Labute approximate surface area is 97.7 Å². The molecule has 84 valence electrons. The predicted octanol–water partition coefficient (Wildman–Crippen LogP) is 1.74. The Morgan fingerprint density at radius 1 is 1.50 bits per heavy atom. The van der Waals surface area contributed by atoms with Crippen LogP contribution in [0, 0.1) is 6.92 Å². The SMILES string of the molecule is Cc1nc(CNc2ccnc(NN)c2)cs1. The lowest BCUT2D eigenvalue weighted by Crippen LogP contribution is -2.09. The van der Waals surface area contributed by atoms with E-state index in [0.29, 0.717) is 12.4 Å². The number of nitrogens with zero attached hydrogens (tertiary/aromatic N) is 2. The summed E-state index contributed by atoms with van der Waals surface area (Å²) in [5, 5.41) is 6.38. The van der Waals surface area contributed by atoms with Crippen molar-refractivity contribution in [3.63, 3.8) is 0 Å². The lowest BCUT2D eigenvalue weighted by atomic mass is 10.3. The van der Waals surface area contributed by atoms with Gasteiger partial charge < -0.3 is 10.7 Å². The van der Waals surface area contributed by atoms with Crippen molar-refractivity contribution in [3.8, 4) is 0 Å². The van der Waals surface area contributed by atoms with Crippen molar-refractivity contribution in [1.29, 1.82) is 0 Å². The lowest BCUT2D eigenvalue weighted by Gasteiger charge is -2.05. The van der Waals surface area contributed by atoms with Crippen LogP contribution in [0.5, 0.6) is 0 Å². The summed E-state index contributed by atoms with van der Waals surface area (Å²) >= 11 is 1.65. The van der Waals surface area contributed by atoms with Crippen LogP contribution in [-0.2, 0) is 6.54 Å². The van der Waals surface area contributed by atoms with E-state index in [0.717, 1.165) is 16.4 Å². The highest BCUT2D eigenvalue weighted by molar-refractivity contribution is 7.09. The second-order valence-electron chi connectivity index (χ2n) is 3.29. The molecule has 0 fully saturated rings. The zero-order valence-corrected chi connectivity index (χ0v) is 9.71. The first-order chi connectivity index (χ1) is 7.78. The third kappa shape index (κ3) is 2.68. The molecule has 2 aromatic heterocycles. The zero-order chi connectivity index (χ0) is 11.4. The molecule has 16 heavy (non-hydrogen) atoms. The normalized spacial score (nSPS) is 10.1. The number of nitrogens with one attached hydrogen (secondary N) is 2. The van der Waals surface area contributed by atoms with Gasteiger partial charge in [-0.1, -0.05) is 0 Å². The third-order valence-corrected chi connectivity index (χ3v) is 2.87. The molecule has 0 aromatic carbocycles. The van der Waals surface area contributed by atoms with E-state index in [2.05, 4.69) is 20.7 Å². The fourth-order valence-corrected chi connectivity index (χ4v) is 1.91. The second kappa shape index (κ2) is 4.91. The van der Waals surface area contributed by atoms with Crippen molar-refractivity contribution in [2.24, 2.45) is 5.84 Å². The number of pyridine rings is 1. The summed E-state index contributed by atoms with van der Waals surface area (Å²) in [5.41, 5.74) is 4.51. The summed E-state index contributed by atoms with van der Waals surface area (Å²) in [5.74, 6) is 5.92. The van der Waals surface area contributed by atoms with Crippen LogP contribution < -0.4 is 16.6 Å². The first-order valence-electron chi connectivity index (χ1n) is 4.85. The third-order valence-electron chi connectivity index (χ3n) is 2.05. The van der Waals surface area contributed by atoms with E-state index in [9.17, 15) is 0 Å². The molecular formula is C10H13N5S. The van der Waals surface area contributed by atoms with E-state index in [1.807, 2.05) is 24.4 Å². The molecule has 0 amide bonds. The number of anilines is 2. The van der Waals surface area contributed by atoms with E-state index in [1.54, 1.807) is 17.5 Å². The zero-order valence-electron chi connectivity index (χ0n) is 8.90. The van der Waals surface area contributed by atoms with Gasteiger partial charge in [-0.25, -0.2) is 15.8 Å². The van der Waals surface area contributed by atoms with Crippen molar-refractivity contribution in [2.75, 3.05) is 10.7 Å². The highest BCUT2D eigenvalue weighted by atomic mass is 32.1. The van der Waals surface area contributed by atoms with Crippen LogP contribution >= 0.6 is 11.3 Å². The smallest absolute Gasteiger partial charge is 0.141 e. The first-order valence-corrected chi connectivity index (χ1v) is 5.73. The number of rotatable bonds is 4. The van der Waals surface area contributed by atoms with Crippen molar-refractivity contribution in [3.05, 3.63) is 34.4 Å². The molecular weight excluding hydrogens is 222 g/mol. The molecule has 0 aliphatic carbocycles. The average molecular weight is 235 g/mol. The van der Waals surface area contributed by atoms with Crippen molar-refractivity contribution < 1.29 is 0 Å². The van der Waals surface area contributed by atoms with E-state index in [4.69, 9.17) is 5.84 Å². The quantitative estimate of drug-likeness (QED) is 0.556. The topological polar surface area (TPSA) is 75.9 Å². The summed E-state index contributed by atoms with van der Waals surface area (Å²) in [6.45, 7) is 2.70. The van der Waals surface area contributed by atoms with Gasteiger partial charge >= 0.3 is 0 Å². The Kier molecular flexibility index (Phi) is 3.33. The molecule has 0 saturated carbocycles. The summed E-state index contributed by atoms with van der Waals surface area (Å²) in [4.78, 5) is 8.40. The van der Waals surface area contributed by atoms with Crippen LogP contribution in [0.25, 0.3) is 0 Å². The van der Waals surface area contributed by atoms with Gasteiger partial charge in [0.15, 0.2) is 0 Å². The maximum absolute atomic E-state index is 5.28. The number of nitrogens with two attached hydrogens (primary N) is 1. The Morgan fingerprint density at radius 3 is 3.06 bits per heavy atom. The monoisotopic (exact) mass is 235 g/mol. The molecule has 0 spiro atoms. The predicted molar refractivity (Wildman–Crippen MR) is 66.2 cm³/mol. The molecule has 6 heteroatoms. The first kappa shape index (κ1) is 10.8. The van der Waals surface area contributed by atoms with Gasteiger partial charge in [0.25, 0.3) is 0 Å². The van der Waals surface area contributed by atoms with E-state index >= 15 is 0 Å². The van der Waals surface area contributed by atoms with E-state index in [1.165, 1.54) is 0 Å². The standard InChI is InChI=1S/C10H13N5S/c1-7-14-9(6-16-7)5-13-8-2-3-12-10(4-8)15-11/h2-4,6H,5,11H2,1H3,(H2,12,13,15). The van der Waals surface area contributed by atoms with Gasteiger partial charge in [0.05, 0.1) is 17.2 Å². The second-order valence-corrected chi connectivity index (χ2v) is 4.35. The van der Waals surface area contributed by atoms with Crippen LogP contribution in [0.15, 0.2) is 23.7 Å². The molecule has 0 bridgehead atoms. The molecule has 0 aliphatic rings. The molecule has 0 saturated heterocycles.